The summed E-state index contributed by atoms with van der Waals surface area (Å²) in [5, 5.41) is 8.95. The Bertz CT molecular complexity index is 356. The van der Waals surface area contributed by atoms with Crippen molar-refractivity contribution in [1.29, 1.82) is 0 Å². The molecule has 1 aliphatic rings. The lowest BCUT2D eigenvalue weighted by Crippen LogP contribution is -2.29. The van der Waals surface area contributed by atoms with E-state index in [1.807, 2.05) is 0 Å². The number of rotatable bonds is 15. The molecule has 1 aliphatic heterocycles. The molecule has 3 heteroatoms. The maximum absolute atomic E-state index is 10.9. The zero-order valence-electron chi connectivity index (χ0n) is 16.4. The van der Waals surface area contributed by atoms with Crippen molar-refractivity contribution < 1.29 is 14.6 Å². The second kappa shape index (κ2) is 14.4. The maximum Gasteiger partial charge on any atom is 0.333 e. The second-order valence-corrected chi connectivity index (χ2v) is 7.77. The Hall–Kier alpha value is -0.830. The van der Waals surface area contributed by atoms with Crippen molar-refractivity contribution in [2.75, 3.05) is 6.61 Å². The highest BCUT2D eigenvalue weighted by Crippen LogP contribution is 2.27. The van der Waals surface area contributed by atoms with Gasteiger partial charge < -0.3 is 9.84 Å². The number of hydrogen-bond acceptors (Lipinski definition) is 2. The number of ether oxygens (including phenoxy) is 1. The average Bonchev–Trinajstić information content (AvgIpc) is 2.62. The minimum absolute atomic E-state index is 0.212. The summed E-state index contributed by atoms with van der Waals surface area (Å²) in [5.74, 6) is -0.314. The van der Waals surface area contributed by atoms with Crippen molar-refractivity contribution in [1.82, 2.24) is 0 Å². The number of carboxylic acids is 1. The Morgan fingerprint density at radius 2 is 1.44 bits per heavy atom. The maximum atomic E-state index is 10.9. The Morgan fingerprint density at radius 3 is 1.88 bits per heavy atom. The smallest absolute Gasteiger partial charge is 0.333 e. The van der Waals surface area contributed by atoms with E-state index in [9.17, 15) is 4.79 Å². The van der Waals surface area contributed by atoms with Crippen molar-refractivity contribution in [3.63, 3.8) is 0 Å². The first-order chi connectivity index (χ1) is 12.1. The van der Waals surface area contributed by atoms with Crippen LogP contribution < -0.4 is 0 Å². The number of hydrogen-bond donors (Lipinski definition) is 1. The predicted molar refractivity (Wildman–Crippen MR) is 105 cm³/mol. The van der Waals surface area contributed by atoms with E-state index in [0.29, 0.717) is 12.5 Å². The standard InChI is InChI=1S/C22H40O3/c1-3-4-5-6-7-8-9-10-11-12-13-14-15-20-16-17-21(25-18-20)19(2)22(23)24/h20-21H,2-18H2,1H3,(H,23,24)/t20-,21+/m0/s1. The molecule has 0 aromatic rings. The molecule has 0 aromatic heterocycles. The van der Waals surface area contributed by atoms with Crippen LogP contribution in [0.4, 0.5) is 0 Å². The lowest BCUT2D eigenvalue weighted by Gasteiger charge is -2.29. The summed E-state index contributed by atoms with van der Waals surface area (Å²) < 4.78 is 5.69. The van der Waals surface area contributed by atoms with Crippen molar-refractivity contribution in [2.24, 2.45) is 5.92 Å². The van der Waals surface area contributed by atoms with Crippen LogP contribution >= 0.6 is 0 Å². The van der Waals surface area contributed by atoms with Gasteiger partial charge in [0.1, 0.15) is 0 Å². The molecule has 0 radical (unpaired) electrons. The molecule has 1 heterocycles. The van der Waals surface area contributed by atoms with Gasteiger partial charge in [-0.15, -0.1) is 0 Å². The molecule has 1 fully saturated rings. The molecule has 3 nitrogen and oxygen atoms in total. The van der Waals surface area contributed by atoms with Crippen LogP contribution in [-0.2, 0) is 9.53 Å². The van der Waals surface area contributed by atoms with Crippen LogP contribution in [-0.4, -0.2) is 23.8 Å². The van der Waals surface area contributed by atoms with Crippen LogP contribution in [0.1, 0.15) is 103 Å². The molecule has 1 N–H and O–H groups in total. The number of unbranched alkanes of at least 4 members (excludes halogenated alkanes) is 11. The summed E-state index contributed by atoms with van der Waals surface area (Å²) >= 11 is 0. The third kappa shape index (κ3) is 10.7. The molecular formula is C22H40O3. The van der Waals surface area contributed by atoms with E-state index in [1.165, 1.54) is 83.5 Å². The molecule has 0 unspecified atom stereocenters. The summed E-state index contributed by atoms with van der Waals surface area (Å²) in [6.45, 7) is 6.59. The molecule has 1 saturated heterocycles. The molecule has 0 amide bonds. The normalized spacial score (nSPS) is 20.5. The SMILES string of the molecule is C=C(C(=O)O)[C@H]1CC[C@H](CCCCCCCCCCCCCC)CO1. The summed E-state index contributed by atoms with van der Waals surface area (Å²) in [6.07, 6.45) is 19.5. The molecule has 146 valence electrons. The van der Waals surface area contributed by atoms with Gasteiger partial charge in [-0.3, -0.25) is 0 Å². The third-order valence-electron chi connectivity index (χ3n) is 5.50. The molecule has 0 aliphatic carbocycles. The van der Waals surface area contributed by atoms with Crippen molar-refractivity contribution >= 4 is 5.97 Å². The van der Waals surface area contributed by atoms with Crippen molar-refractivity contribution in [3.8, 4) is 0 Å². The monoisotopic (exact) mass is 352 g/mol. The number of aliphatic carboxylic acids is 1. The average molecular weight is 353 g/mol. The van der Waals surface area contributed by atoms with Gasteiger partial charge in [0.25, 0.3) is 0 Å². The number of carboxylic acid groups (broad SMARTS) is 1. The first-order valence-electron chi connectivity index (χ1n) is 10.7. The topological polar surface area (TPSA) is 46.5 Å². The van der Waals surface area contributed by atoms with Gasteiger partial charge >= 0.3 is 5.97 Å². The predicted octanol–water partition coefficient (Wildman–Crippen LogP) is 6.51. The van der Waals surface area contributed by atoms with Crippen LogP contribution in [0, 0.1) is 5.92 Å². The second-order valence-electron chi connectivity index (χ2n) is 7.77. The van der Waals surface area contributed by atoms with Gasteiger partial charge in [-0.05, 0) is 25.2 Å². The number of carbonyl (C=O) groups is 1. The minimum atomic E-state index is -0.926. The van der Waals surface area contributed by atoms with E-state index in [1.54, 1.807) is 0 Å². The van der Waals surface area contributed by atoms with Gasteiger partial charge in [-0.1, -0.05) is 90.6 Å². The molecule has 0 saturated carbocycles. The van der Waals surface area contributed by atoms with Gasteiger partial charge in [-0.2, -0.15) is 0 Å². The lowest BCUT2D eigenvalue weighted by molar-refractivity contribution is -0.135. The quantitative estimate of drug-likeness (QED) is 0.270. The van der Waals surface area contributed by atoms with Gasteiger partial charge in [0, 0.05) is 0 Å². The van der Waals surface area contributed by atoms with Gasteiger partial charge in [0.05, 0.1) is 18.3 Å². The highest BCUT2D eigenvalue weighted by atomic mass is 16.5. The van der Waals surface area contributed by atoms with Gasteiger partial charge in [0.2, 0.25) is 0 Å². The molecule has 0 bridgehead atoms. The largest absolute Gasteiger partial charge is 0.478 e. The van der Waals surface area contributed by atoms with E-state index in [-0.39, 0.29) is 11.7 Å². The summed E-state index contributed by atoms with van der Waals surface area (Å²) in [4.78, 5) is 10.9. The van der Waals surface area contributed by atoms with Gasteiger partial charge in [0.15, 0.2) is 0 Å². The van der Waals surface area contributed by atoms with Gasteiger partial charge in [-0.25, -0.2) is 4.79 Å². The molecule has 2 atom stereocenters. The highest BCUT2D eigenvalue weighted by Gasteiger charge is 2.26. The fourth-order valence-electron chi connectivity index (χ4n) is 3.72. The van der Waals surface area contributed by atoms with Crippen LogP contribution in [0.25, 0.3) is 0 Å². The van der Waals surface area contributed by atoms with Crippen LogP contribution in [0.2, 0.25) is 0 Å². The molecule has 1 rings (SSSR count). The Morgan fingerprint density at radius 1 is 0.920 bits per heavy atom. The fraction of sp³-hybridized carbons (Fsp3) is 0.864. The molecule has 0 spiro atoms. The Balaban J connectivity index is 1.86. The fourth-order valence-corrected chi connectivity index (χ4v) is 3.72. The Labute approximate surface area is 155 Å². The Kier molecular flexibility index (Phi) is 12.8. The summed E-state index contributed by atoms with van der Waals surface area (Å²) in [6, 6.07) is 0. The minimum Gasteiger partial charge on any atom is -0.478 e. The molecule has 25 heavy (non-hydrogen) atoms. The third-order valence-corrected chi connectivity index (χ3v) is 5.50. The van der Waals surface area contributed by atoms with E-state index in [4.69, 9.17) is 9.84 Å². The van der Waals surface area contributed by atoms with E-state index in [0.717, 1.165) is 12.8 Å². The van der Waals surface area contributed by atoms with E-state index < -0.39 is 5.97 Å². The lowest BCUT2D eigenvalue weighted by atomic mass is 9.91. The first-order valence-corrected chi connectivity index (χ1v) is 10.7. The van der Waals surface area contributed by atoms with E-state index in [2.05, 4.69) is 13.5 Å². The highest BCUT2D eigenvalue weighted by molar-refractivity contribution is 5.86. The zero-order chi connectivity index (χ0) is 18.3. The van der Waals surface area contributed by atoms with Crippen LogP contribution in [0.15, 0.2) is 12.2 Å². The molecule has 0 aromatic carbocycles. The molecular weight excluding hydrogens is 312 g/mol. The van der Waals surface area contributed by atoms with E-state index >= 15 is 0 Å². The summed E-state index contributed by atoms with van der Waals surface area (Å²) in [5.41, 5.74) is 0.212. The first kappa shape index (κ1) is 22.2. The summed E-state index contributed by atoms with van der Waals surface area (Å²) in [7, 11) is 0. The van der Waals surface area contributed by atoms with Crippen molar-refractivity contribution in [3.05, 3.63) is 12.2 Å². The van der Waals surface area contributed by atoms with Crippen molar-refractivity contribution in [2.45, 2.75) is 109 Å². The zero-order valence-corrected chi connectivity index (χ0v) is 16.4. The van der Waals surface area contributed by atoms with Crippen LogP contribution in [0.5, 0.6) is 0 Å². The van der Waals surface area contributed by atoms with Crippen LogP contribution in [0.3, 0.4) is 0 Å².